The number of carboxylic acids is 1. The second kappa shape index (κ2) is 7.38. The number of nitrogens with two attached hydrogens (primary N) is 1. The summed E-state index contributed by atoms with van der Waals surface area (Å²) in [6.45, 7) is 6.90. The lowest BCUT2D eigenvalue weighted by molar-refractivity contribution is -0.155. The highest BCUT2D eigenvalue weighted by Crippen LogP contribution is 2.36. The number of ether oxygens (including phenoxy) is 1. The van der Waals surface area contributed by atoms with E-state index < -0.39 is 41.4 Å². The minimum Gasteiger partial charge on any atom is -0.478 e. The second-order valence-corrected chi connectivity index (χ2v) is 7.54. The number of amides is 2. The second-order valence-electron chi connectivity index (χ2n) is 7.54. The molecule has 1 aromatic carbocycles. The van der Waals surface area contributed by atoms with Gasteiger partial charge >= 0.3 is 11.9 Å². The summed E-state index contributed by atoms with van der Waals surface area (Å²) in [4.78, 5) is 49.2. The Kier molecular flexibility index (Phi) is 5.58. The monoisotopic (exact) mass is 376 g/mol. The lowest BCUT2D eigenvalue weighted by Gasteiger charge is -2.30. The highest BCUT2D eigenvalue weighted by molar-refractivity contribution is 6.03. The molecule has 0 radical (unpaired) electrons. The molecule has 0 aliphatic carbocycles. The number of hydrogen-bond donors (Lipinski definition) is 2. The van der Waals surface area contributed by atoms with Crippen LogP contribution in [0.5, 0.6) is 0 Å². The molecule has 0 saturated carbocycles. The van der Waals surface area contributed by atoms with E-state index in [1.54, 1.807) is 27.7 Å². The Morgan fingerprint density at radius 1 is 1.30 bits per heavy atom. The normalized spacial score (nSPS) is 17.4. The van der Waals surface area contributed by atoms with Gasteiger partial charge in [0.05, 0.1) is 11.6 Å². The fraction of sp³-hybridized carbons (Fsp3) is 0.474. The van der Waals surface area contributed by atoms with E-state index in [1.807, 2.05) is 0 Å². The largest absolute Gasteiger partial charge is 0.478 e. The van der Waals surface area contributed by atoms with Crippen molar-refractivity contribution >= 4 is 23.8 Å². The zero-order chi connectivity index (χ0) is 20.5. The molecule has 0 spiro atoms. The van der Waals surface area contributed by atoms with Gasteiger partial charge in [-0.2, -0.15) is 0 Å². The van der Waals surface area contributed by atoms with E-state index in [1.165, 1.54) is 23.1 Å². The van der Waals surface area contributed by atoms with E-state index in [0.717, 1.165) is 0 Å². The molecule has 1 aromatic rings. The number of fused-ring (bicyclic) bond motifs is 1. The van der Waals surface area contributed by atoms with Crippen LogP contribution in [0.1, 0.15) is 72.9 Å². The highest BCUT2D eigenvalue weighted by atomic mass is 16.6. The van der Waals surface area contributed by atoms with Gasteiger partial charge < -0.3 is 20.5 Å². The Balaban J connectivity index is 2.22. The van der Waals surface area contributed by atoms with Crippen LogP contribution in [-0.2, 0) is 14.3 Å². The number of carbonyl (C=O) groups is 4. The number of rotatable bonds is 6. The van der Waals surface area contributed by atoms with Gasteiger partial charge in [0.15, 0.2) is 0 Å². The zero-order valence-electron chi connectivity index (χ0n) is 15.8. The lowest BCUT2D eigenvalue weighted by Crippen LogP contribution is -2.46. The summed E-state index contributed by atoms with van der Waals surface area (Å²) in [5, 5.41) is 9.15. The molecule has 3 N–H and O–H groups in total. The van der Waals surface area contributed by atoms with Crippen LogP contribution >= 0.6 is 0 Å². The van der Waals surface area contributed by atoms with Gasteiger partial charge in [-0.3, -0.25) is 14.4 Å². The molecule has 146 valence electrons. The molecule has 2 atom stereocenters. The first-order valence-corrected chi connectivity index (χ1v) is 8.63. The molecule has 0 unspecified atom stereocenters. The summed E-state index contributed by atoms with van der Waals surface area (Å²) < 4.78 is 5.23. The molecule has 1 aliphatic heterocycles. The molecule has 1 aliphatic rings. The third-order valence-corrected chi connectivity index (χ3v) is 4.34. The van der Waals surface area contributed by atoms with Crippen molar-refractivity contribution in [3.05, 3.63) is 34.9 Å². The number of nitrogens with zero attached hydrogens (tertiary/aromatic N) is 1. The van der Waals surface area contributed by atoms with Crippen LogP contribution in [0.25, 0.3) is 0 Å². The molecule has 0 bridgehead atoms. The number of benzene rings is 1. The zero-order valence-corrected chi connectivity index (χ0v) is 15.8. The number of primary amides is 1. The summed E-state index contributed by atoms with van der Waals surface area (Å²) in [5.41, 5.74) is 5.74. The maximum absolute atomic E-state index is 12.8. The Morgan fingerprint density at radius 2 is 1.93 bits per heavy atom. The Hall–Kier alpha value is -2.90. The number of esters is 1. The van der Waals surface area contributed by atoms with Crippen LogP contribution in [0.3, 0.4) is 0 Å². The van der Waals surface area contributed by atoms with Crippen molar-refractivity contribution in [2.75, 3.05) is 0 Å². The fourth-order valence-electron chi connectivity index (χ4n) is 3.18. The third kappa shape index (κ3) is 4.45. The summed E-state index contributed by atoms with van der Waals surface area (Å²) in [5.74, 6) is -2.74. The summed E-state index contributed by atoms with van der Waals surface area (Å²) in [6, 6.07) is 2.66. The van der Waals surface area contributed by atoms with Gasteiger partial charge in [-0.1, -0.05) is 0 Å². The van der Waals surface area contributed by atoms with Gasteiger partial charge in [0, 0.05) is 12.0 Å². The first kappa shape index (κ1) is 20.4. The molecule has 8 nitrogen and oxygen atoms in total. The van der Waals surface area contributed by atoms with E-state index >= 15 is 0 Å². The van der Waals surface area contributed by atoms with E-state index in [4.69, 9.17) is 15.6 Å². The summed E-state index contributed by atoms with van der Waals surface area (Å²) in [6.07, 6.45) is -0.0435. The maximum Gasteiger partial charge on any atom is 0.335 e. The molecule has 0 saturated heterocycles. The van der Waals surface area contributed by atoms with Gasteiger partial charge in [0.2, 0.25) is 5.91 Å². The average molecular weight is 376 g/mol. The van der Waals surface area contributed by atoms with Crippen LogP contribution in [0.4, 0.5) is 0 Å². The van der Waals surface area contributed by atoms with Crippen molar-refractivity contribution in [1.29, 1.82) is 0 Å². The van der Waals surface area contributed by atoms with Crippen molar-refractivity contribution in [2.45, 2.75) is 58.2 Å². The van der Waals surface area contributed by atoms with Gasteiger partial charge in [-0.25, -0.2) is 4.79 Å². The van der Waals surface area contributed by atoms with Crippen LogP contribution < -0.4 is 5.73 Å². The van der Waals surface area contributed by atoms with E-state index in [-0.39, 0.29) is 18.4 Å². The number of hydrogen-bond acceptors (Lipinski definition) is 5. The van der Waals surface area contributed by atoms with E-state index in [0.29, 0.717) is 11.1 Å². The number of aromatic carboxylic acids is 1. The molecule has 8 heteroatoms. The van der Waals surface area contributed by atoms with Crippen LogP contribution in [0.2, 0.25) is 0 Å². The number of carboxylic acid groups (broad SMARTS) is 1. The predicted octanol–water partition coefficient (Wildman–Crippen LogP) is 1.88. The SMILES string of the molecule is C[C@@H]1c2cc(C(=O)O)ccc2C(=O)N1[C@@H](CCC(=O)OC(C)(C)C)C(N)=O. The van der Waals surface area contributed by atoms with E-state index in [2.05, 4.69) is 0 Å². The van der Waals surface area contributed by atoms with Crippen LogP contribution in [-0.4, -0.2) is 45.4 Å². The average Bonchev–Trinajstić information content (AvgIpc) is 2.77. The van der Waals surface area contributed by atoms with Gasteiger partial charge in [-0.05, 0) is 57.9 Å². The maximum atomic E-state index is 12.8. The lowest BCUT2D eigenvalue weighted by atomic mass is 10.0. The van der Waals surface area contributed by atoms with Gasteiger partial charge in [-0.15, -0.1) is 0 Å². The molecule has 1 heterocycles. The first-order chi connectivity index (χ1) is 12.4. The standard InChI is InChI=1S/C19H24N2O6/c1-10-13-9-11(18(25)26)5-6-12(13)17(24)21(10)14(16(20)23)7-8-15(22)27-19(2,3)4/h5-6,9-10,14H,7-8H2,1-4H3,(H2,20,23)(H,25,26)/t10-,14+/m1/s1. The van der Waals surface area contributed by atoms with Gasteiger partial charge in [0.25, 0.3) is 5.91 Å². The molecular formula is C19H24N2O6. The van der Waals surface area contributed by atoms with Gasteiger partial charge in [0.1, 0.15) is 11.6 Å². The minimum absolute atomic E-state index is 0.0279. The first-order valence-electron chi connectivity index (χ1n) is 8.63. The van der Waals surface area contributed by atoms with E-state index in [9.17, 15) is 19.2 Å². The van der Waals surface area contributed by atoms with Crippen molar-refractivity contribution in [1.82, 2.24) is 4.90 Å². The van der Waals surface area contributed by atoms with Crippen molar-refractivity contribution < 1.29 is 29.0 Å². The van der Waals surface area contributed by atoms with Crippen molar-refractivity contribution in [3.63, 3.8) is 0 Å². The summed E-state index contributed by atoms with van der Waals surface area (Å²) >= 11 is 0. The van der Waals surface area contributed by atoms with Crippen LogP contribution in [0.15, 0.2) is 18.2 Å². The topological polar surface area (TPSA) is 127 Å². The molecule has 27 heavy (non-hydrogen) atoms. The Labute approximate surface area is 157 Å². The Morgan fingerprint density at radius 3 is 2.44 bits per heavy atom. The molecular weight excluding hydrogens is 352 g/mol. The number of carbonyl (C=O) groups excluding carboxylic acids is 3. The van der Waals surface area contributed by atoms with Crippen LogP contribution in [0, 0.1) is 0 Å². The molecule has 2 rings (SSSR count). The minimum atomic E-state index is -1.10. The molecule has 2 amide bonds. The van der Waals surface area contributed by atoms with Crippen molar-refractivity contribution in [2.24, 2.45) is 5.73 Å². The smallest absolute Gasteiger partial charge is 0.335 e. The van der Waals surface area contributed by atoms with Crippen molar-refractivity contribution in [3.8, 4) is 0 Å². The predicted molar refractivity (Wildman–Crippen MR) is 96.0 cm³/mol. The summed E-state index contributed by atoms with van der Waals surface area (Å²) in [7, 11) is 0. The third-order valence-electron chi connectivity index (χ3n) is 4.34. The Bertz CT molecular complexity index is 796. The quantitative estimate of drug-likeness (QED) is 0.730. The molecule has 0 aromatic heterocycles. The highest BCUT2D eigenvalue weighted by Gasteiger charge is 2.41. The molecule has 0 fully saturated rings. The fourth-order valence-corrected chi connectivity index (χ4v) is 3.18.